The Hall–Kier alpha value is -1.62. The summed E-state index contributed by atoms with van der Waals surface area (Å²) in [7, 11) is 0. The van der Waals surface area contributed by atoms with Gasteiger partial charge in [0.2, 0.25) is 0 Å². The van der Waals surface area contributed by atoms with Crippen molar-refractivity contribution in [2.45, 2.75) is 44.6 Å². The second kappa shape index (κ2) is 5.79. The van der Waals surface area contributed by atoms with Gasteiger partial charge < -0.3 is 16.4 Å². The third kappa shape index (κ3) is 2.77. The Labute approximate surface area is 119 Å². The lowest BCUT2D eigenvalue weighted by Gasteiger charge is -2.19. The van der Waals surface area contributed by atoms with Crippen molar-refractivity contribution in [2.75, 3.05) is 18.4 Å². The quantitative estimate of drug-likeness (QED) is 0.774. The number of anilines is 1. The van der Waals surface area contributed by atoms with Crippen LogP contribution in [-0.4, -0.2) is 30.0 Å². The second-order valence-electron chi connectivity index (χ2n) is 5.75. The molecule has 2 heterocycles. The Morgan fingerprint density at radius 3 is 3.10 bits per heavy atom. The molecule has 1 amide bonds. The van der Waals surface area contributed by atoms with E-state index < -0.39 is 5.91 Å². The largest absolute Gasteiger partial charge is 0.365 e. The number of fused-ring (bicyclic) bond motifs is 1. The molecule has 0 radical (unpaired) electrons. The van der Waals surface area contributed by atoms with E-state index in [2.05, 4.69) is 15.6 Å². The number of carbonyl (C=O) groups is 1. The van der Waals surface area contributed by atoms with Gasteiger partial charge in [-0.2, -0.15) is 0 Å². The Morgan fingerprint density at radius 1 is 1.35 bits per heavy atom. The Morgan fingerprint density at radius 2 is 2.25 bits per heavy atom. The third-order valence-corrected chi connectivity index (χ3v) is 4.20. The normalized spacial score (nSPS) is 22.1. The summed E-state index contributed by atoms with van der Waals surface area (Å²) < 4.78 is 0. The summed E-state index contributed by atoms with van der Waals surface area (Å²) in [5.41, 5.74) is 8.35. The van der Waals surface area contributed by atoms with Crippen LogP contribution in [0.1, 0.15) is 47.3 Å². The molecular weight excluding hydrogens is 252 g/mol. The fourth-order valence-electron chi connectivity index (χ4n) is 3.11. The van der Waals surface area contributed by atoms with Crippen molar-refractivity contribution in [1.82, 2.24) is 10.3 Å². The van der Waals surface area contributed by atoms with Gasteiger partial charge in [-0.1, -0.05) is 6.42 Å². The molecule has 0 aromatic carbocycles. The van der Waals surface area contributed by atoms with Gasteiger partial charge in [-0.15, -0.1) is 0 Å². The Balaban J connectivity index is 1.85. The molecule has 2 aliphatic rings. The summed E-state index contributed by atoms with van der Waals surface area (Å²) in [4.78, 5) is 16.3. The first kappa shape index (κ1) is 13.4. The van der Waals surface area contributed by atoms with Gasteiger partial charge in [-0.3, -0.25) is 4.79 Å². The number of hydrogen-bond donors (Lipinski definition) is 3. The number of hydrogen-bond acceptors (Lipinski definition) is 4. The van der Waals surface area contributed by atoms with E-state index in [1.807, 2.05) is 6.07 Å². The smallest absolute Gasteiger partial charge is 0.252 e. The van der Waals surface area contributed by atoms with Crippen LogP contribution in [0.3, 0.4) is 0 Å². The van der Waals surface area contributed by atoms with Crippen LogP contribution in [-0.2, 0) is 12.8 Å². The standard InChI is InChI=1S/C15H22N4O/c16-14(20)12-8-10-4-3-6-13(10)19-15(12)18-11-5-1-2-7-17-9-11/h8,11,17H,1-7,9H2,(H2,16,20)(H,18,19). The minimum Gasteiger partial charge on any atom is -0.365 e. The second-order valence-corrected chi connectivity index (χ2v) is 5.75. The van der Waals surface area contributed by atoms with Crippen LogP contribution in [0.15, 0.2) is 6.07 Å². The number of aryl methyl sites for hydroxylation is 2. The summed E-state index contributed by atoms with van der Waals surface area (Å²) in [6, 6.07) is 2.26. The molecule has 1 aromatic heterocycles. The van der Waals surface area contributed by atoms with E-state index in [1.54, 1.807) is 0 Å². The van der Waals surface area contributed by atoms with E-state index in [9.17, 15) is 4.79 Å². The van der Waals surface area contributed by atoms with Crippen molar-refractivity contribution >= 4 is 11.7 Å². The van der Waals surface area contributed by atoms with Crippen LogP contribution in [0.25, 0.3) is 0 Å². The van der Waals surface area contributed by atoms with Crippen LogP contribution >= 0.6 is 0 Å². The molecule has 5 nitrogen and oxygen atoms in total. The lowest BCUT2D eigenvalue weighted by molar-refractivity contribution is 0.100. The lowest BCUT2D eigenvalue weighted by atomic mass is 10.1. The minimum absolute atomic E-state index is 0.322. The first-order valence-corrected chi connectivity index (χ1v) is 7.54. The van der Waals surface area contributed by atoms with E-state index in [0.29, 0.717) is 17.4 Å². The molecule has 0 bridgehead atoms. The fourth-order valence-corrected chi connectivity index (χ4v) is 3.11. The number of nitrogens with one attached hydrogen (secondary N) is 2. The number of aromatic nitrogens is 1. The van der Waals surface area contributed by atoms with Crippen molar-refractivity contribution in [3.63, 3.8) is 0 Å². The number of carbonyl (C=O) groups excluding carboxylic acids is 1. The van der Waals surface area contributed by atoms with Crippen molar-refractivity contribution in [2.24, 2.45) is 5.73 Å². The average molecular weight is 274 g/mol. The molecule has 1 fully saturated rings. The third-order valence-electron chi connectivity index (χ3n) is 4.20. The van der Waals surface area contributed by atoms with Crippen LogP contribution in [0.5, 0.6) is 0 Å². The van der Waals surface area contributed by atoms with E-state index >= 15 is 0 Å². The van der Waals surface area contributed by atoms with Gasteiger partial charge >= 0.3 is 0 Å². The van der Waals surface area contributed by atoms with Gasteiger partial charge in [-0.25, -0.2) is 4.98 Å². The van der Waals surface area contributed by atoms with Gasteiger partial charge in [0.25, 0.3) is 5.91 Å². The number of nitrogens with zero attached hydrogens (tertiary/aromatic N) is 1. The molecule has 3 rings (SSSR count). The maximum absolute atomic E-state index is 11.7. The maximum atomic E-state index is 11.7. The fraction of sp³-hybridized carbons (Fsp3) is 0.600. The Bertz CT molecular complexity index is 507. The monoisotopic (exact) mass is 274 g/mol. The van der Waals surface area contributed by atoms with Crippen molar-refractivity contribution in [3.8, 4) is 0 Å². The van der Waals surface area contributed by atoms with Crippen molar-refractivity contribution in [3.05, 3.63) is 22.9 Å². The van der Waals surface area contributed by atoms with E-state index in [4.69, 9.17) is 5.73 Å². The van der Waals surface area contributed by atoms with E-state index in [-0.39, 0.29) is 0 Å². The number of pyridine rings is 1. The predicted octanol–water partition coefficient (Wildman–Crippen LogP) is 1.22. The van der Waals surface area contributed by atoms with Crippen molar-refractivity contribution < 1.29 is 4.79 Å². The first-order valence-electron chi connectivity index (χ1n) is 7.54. The van der Waals surface area contributed by atoms with Crippen LogP contribution in [0, 0.1) is 0 Å². The summed E-state index contributed by atoms with van der Waals surface area (Å²) in [5, 5.41) is 6.84. The zero-order valence-corrected chi connectivity index (χ0v) is 11.7. The lowest BCUT2D eigenvalue weighted by Crippen LogP contribution is -2.32. The zero-order valence-electron chi connectivity index (χ0n) is 11.7. The van der Waals surface area contributed by atoms with Crippen LogP contribution in [0.4, 0.5) is 5.82 Å². The van der Waals surface area contributed by atoms with Gasteiger partial charge in [-0.05, 0) is 50.3 Å². The summed E-state index contributed by atoms with van der Waals surface area (Å²) in [6.45, 7) is 1.98. The number of amides is 1. The van der Waals surface area contributed by atoms with Gasteiger partial charge in [0, 0.05) is 18.3 Å². The minimum atomic E-state index is -0.392. The van der Waals surface area contributed by atoms with E-state index in [0.717, 1.165) is 44.5 Å². The molecule has 108 valence electrons. The van der Waals surface area contributed by atoms with Gasteiger partial charge in [0.15, 0.2) is 0 Å². The predicted molar refractivity (Wildman–Crippen MR) is 78.9 cm³/mol. The summed E-state index contributed by atoms with van der Waals surface area (Å²) in [6.07, 6.45) is 6.64. The van der Waals surface area contributed by atoms with Gasteiger partial charge in [0.05, 0.1) is 5.56 Å². The average Bonchev–Trinajstić information content (AvgIpc) is 2.73. The topological polar surface area (TPSA) is 80.0 Å². The molecule has 4 N–H and O–H groups in total. The molecule has 1 atom stereocenters. The summed E-state index contributed by atoms with van der Waals surface area (Å²) in [5.74, 6) is 0.281. The van der Waals surface area contributed by atoms with Crippen LogP contribution in [0.2, 0.25) is 0 Å². The van der Waals surface area contributed by atoms with Crippen LogP contribution < -0.4 is 16.4 Å². The summed E-state index contributed by atoms with van der Waals surface area (Å²) >= 11 is 0. The number of primary amides is 1. The maximum Gasteiger partial charge on any atom is 0.252 e. The molecule has 5 heteroatoms. The highest BCUT2D eigenvalue weighted by Gasteiger charge is 2.21. The molecule has 1 aromatic rings. The first-order chi connectivity index (χ1) is 9.74. The SMILES string of the molecule is NC(=O)c1cc2c(nc1NC1CCCCNC1)CCC2. The highest BCUT2D eigenvalue weighted by atomic mass is 16.1. The highest BCUT2D eigenvalue weighted by molar-refractivity contribution is 5.97. The molecule has 1 aliphatic heterocycles. The molecular formula is C15H22N4O. The number of nitrogens with two attached hydrogens (primary N) is 1. The highest BCUT2D eigenvalue weighted by Crippen LogP contribution is 2.26. The Kier molecular flexibility index (Phi) is 3.87. The molecule has 1 saturated heterocycles. The van der Waals surface area contributed by atoms with Gasteiger partial charge in [0.1, 0.15) is 5.82 Å². The molecule has 0 spiro atoms. The molecule has 1 aliphatic carbocycles. The molecule has 20 heavy (non-hydrogen) atoms. The molecule has 0 saturated carbocycles. The molecule has 1 unspecified atom stereocenters. The van der Waals surface area contributed by atoms with Crippen molar-refractivity contribution in [1.29, 1.82) is 0 Å². The number of rotatable bonds is 3. The van der Waals surface area contributed by atoms with E-state index in [1.165, 1.54) is 18.4 Å². The zero-order chi connectivity index (χ0) is 13.9.